The molecule has 2 N–H and O–H groups in total. The van der Waals surface area contributed by atoms with E-state index in [1.807, 2.05) is 0 Å². The zero-order valence-corrected chi connectivity index (χ0v) is 15.3. The maximum absolute atomic E-state index is 6.14. The lowest BCUT2D eigenvalue weighted by atomic mass is 9.69. The molecule has 1 nitrogen and oxygen atoms in total. The highest BCUT2D eigenvalue weighted by Gasteiger charge is 2.30. The van der Waals surface area contributed by atoms with Gasteiger partial charge in [0.05, 0.1) is 0 Å². The molecule has 24 heavy (non-hydrogen) atoms. The smallest absolute Gasteiger partial charge is 0.0346 e. The van der Waals surface area contributed by atoms with Crippen LogP contribution < -0.4 is 5.73 Å². The second-order valence-corrected chi connectivity index (χ2v) is 7.74. The maximum Gasteiger partial charge on any atom is 0.0346 e. The second-order valence-electron chi connectivity index (χ2n) is 7.74. The maximum atomic E-state index is 6.14. The van der Waals surface area contributed by atoms with Gasteiger partial charge in [0.15, 0.2) is 0 Å². The zero-order chi connectivity index (χ0) is 17.0. The van der Waals surface area contributed by atoms with Gasteiger partial charge in [-0.15, -0.1) is 0 Å². The summed E-state index contributed by atoms with van der Waals surface area (Å²) in [5.74, 6) is 0. The summed E-state index contributed by atoms with van der Waals surface area (Å²) in [5, 5.41) is 0. The minimum atomic E-state index is 0.356. The lowest BCUT2D eigenvalue weighted by Crippen LogP contribution is -2.26. The van der Waals surface area contributed by atoms with Crippen molar-refractivity contribution < 1.29 is 0 Å². The van der Waals surface area contributed by atoms with Gasteiger partial charge >= 0.3 is 0 Å². The fourth-order valence-corrected chi connectivity index (χ4v) is 4.34. The fourth-order valence-electron chi connectivity index (χ4n) is 4.34. The zero-order valence-electron chi connectivity index (χ0n) is 15.3. The molecule has 1 heteroatoms. The van der Waals surface area contributed by atoms with Crippen LogP contribution in [-0.4, -0.2) is 0 Å². The van der Waals surface area contributed by atoms with E-state index in [1.54, 1.807) is 5.56 Å². The molecule has 0 bridgehead atoms. The van der Waals surface area contributed by atoms with E-state index in [1.165, 1.54) is 48.8 Å². The monoisotopic (exact) mass is 321 g/mol. The largest absolute Gasteiger partial charge is 0.399 e. The van der Waals surface area contributed by atoms with Crippen molar-refractivity contribution in [3.63, 3.8) is 0 Å². The molecule has 0 saturated heterocycles. The van der Waals surface area contributed by atoms with Crippen molar-refractivity contribution in [2.75, 3.05) is 5.73 Å². The Kier molecular flexibility index (Phi) is 5.28. The van der Waals surface area contributed by atoms with E-state index in [0.717, 1.165) is 24.9 Å². The van der Waals surface area contributed by atoms with Crippen molar-refractivity contribution >= 4 is 5.69 Å². The predicted octanol–water partition coefficient (Wildman–Crippen LogP) is 6.03. The third kappa shape index (κ3) is 3.66. The average Bonchev–Trinajstić information content (AvgIpc) is 2.59. The molecule has 1 aliphatic carbocycles. The first-order valence-corrected chi connectivity index (χ1v) is 9.58. The van der Waals surface area contributed by atoms with E-state index in [0.29, 0.717) is 5.41 Å². The van der Waals surface area contributed by atoms with Crippen LogP contribution in [-0.2, 0) is 18.3 Å². The molecule has 0 spiro atoms. The molecule has 1 fully saturated rings. The van der Waals surface area contributed by atoms with E-state index in [4.69, 9.17) is 5.73 Å². The van der Waals surface area contributed by atoms with Crippen LogP contribution >= 0.6 is 0 Å². The fraction of sp³-hybridized carbons (Fsp3) is 0.478. The number of benzene rings is 2. The molecule has 0 amide bonds. The van der Waals surface area contributed by atoms with E-state index >= 15 is 0 Å². The summed E-state index contributed by atoms with van der Waals surface area (Å²) in [5.41, 5.74) is 13.2. The molecule has 0 atom stereocenters. The summed E-state index contributed by atoms with van der Waals surface area (Å²) >= 11 is 0. The van der Waals surface area contributed by atoms with Gasteiger partial charge in [0.25, 0.3) is 0 Å². The van der Waals surface area contributed by atoms with Crippen LogP contribution in [0.4, 0.5) is 5.69 Å². The Morgan fingerprint density at radius 3 is 2.46 bits per heavy atom. The first kappa shape index (κ1) is 17.1. The Morgan fingerprint density at radius 1 is 0.958 bits per heavy atom. The predicted molar refractivity (Wildman–Crippen MR) is 105 cm³/mol. The lowest BCUT2D eigenvalue weighted by molar-refractivity contribution is 0.318. The Labute approximate surface area is 147 Å². The van der Waals surface area contributed by atoms with Gasteiger partial charge in [0.2, 0.25) is 0 Å². The van der Waals surface area contributed by atoms with Gasteiger partial charge in [-0.1, -0.05) is 75.9 Å². The molecular formula is C23H31N. The number of nitrogens with two attached hydrogens (primary N) is 1. The summed E-state index contributed by atoms with van der Waals surface area (Å²) in [6.07, 6.45) is 10.0. The minimum absolute atomic E-state index is 0.356. The molecule has 128 valence electrons. The third-order valence-electron chi connectivity index (χ3n) is 5.75. The normalized spacial score (nSPS) is 16.9. The van der Waals surface area contributed by atoms with Gasteiger partial charge in [-0.2, -0.15) is 0 Å². The van der Waals surface area contributed by atoms with Crippen LogP contribution in [0.5, 0.6) is 0 Å². The van der Waals surface area contributed by atoms with Gasteiger partial charge < -0.3 is 5.73 Å². The summed E-state index contributed by atoms with van der Waals surface area (Å²) in [6.45, 7) is 4.68. The summed E-state index contributed by atoms with van der Waals surface area (Å²) in [6, 6.07) is 15.7. The Balaban J connectivity index is 1.89. The van der Waals surface area contributed by atoms with E-state index in [2.05, 4.69) is 56.3 Å². The molecule has 0 unspecified atom stereocenters. The summed E-state index contributed by atoms with van der Waals surface area (Å²) in [7, 11) is 0. The van der Waals surface area contributed by atoms with Crippen LogP contribution in [0, 0.1) is 0 Å². The Morgan fingerprint density at radius 2 is 1.71 bits per heavy atom. The van der Waals surface area contributed by atoms with Crippen molar-refractivity contribution in [2.45, 2.75) is 70.6 Å². The van der Waals surface area contributed by atoms with Crippen molar-refractivity contribution in [3.05, 3.63) is 64.7 Å². The molecule has 1 saturated carbocycles. The minimum Gasteiger partial charge on any atom is -0.399 e. The highest BCUT2D eigenvalue weighted by molar-refractivity contribution is 5.50. The lowest BCUT2D eigenvalue weighted by Gasteiger charge is -2.36. The number of aryl methyl sites for hydroxylation is 1. The number of anilines is 1. The molecule has 0 aliphatic heterocycles. The molecule has 0 aromatic heterocycles. The topological polar surface area (TPSA) is 26.0 Å². The second kappa shape index (κ2) is 7.42. The molecule has 3 rings (SSSR count). The number of nitrogen functional groups attached to an aromatic ring is 1. The molecular weight excluding hydrogens is 290 g/mol. The third-order valence-corrected chi connectivity index (χ3v) is 5.75. The molecule has 2 aromatic rings. The SMILES string of the molecule is CCCc1cc(Cc2ccccc2C2(C)CCCCC2)ccc1N. The average molecular weight is 322 g/mol. The van der Waals surface area contributed by atoms with Gasteiger partial charge in [-0.25, -0.2) is 0 Å². The summed E-state index contributed by atoms with van der Waals surface area (Å²) < 4.78 is 0. The quantitative estimate of drug-likeness (QED) is 0.668. The Bertz CT molecular complexity index is 680. The van der Waals surface area contributed by atoms with E-state index < -0.39 is 0 Å². The van der Waals surface area contributed by atoms with Crippen molar-refractivity contribution in [1.29, 1.82) is 0 Å². The molecule has 2 aromatic carbocycles. The van der Waals surface area contributed by atoms with Crippen LogP contribution in [0.2, 0.25) is 0 Å². The number of rotatable bonds is 5. The summed E-state index contributed by atoms with van der Waals surface area (Å²) in [4.78, 5) is 0. The molecule has 1 aliphatic rings. The number of hydrogen-bond donors (Lipinski definition) is 1. The van der Waals surface area contributed by atoms with Crippen molar-refractivity contribution in [1.82, 2.24) is 0 Å². The molecule has 0 radical (unpaired) electrons. The van der Waals surface area contributed by atoms with Gasteiger partial charge in [-0.05, 0) is 59.4 Å². The first-order chi connectivity index (χ1) is 11.6. The van der Waals surface area contributed by atoms with E-state index in [-0.39, 0.29) is 0 Å². The van der Waals surface area contributed by atoms with Crippen LogP contribution in [0.15, 0.2) is 42.5 Å². The first-order valence-electron chi connectivity index (χ1n) is 9.58. The standard InChI is InChI=1S/C23H31N/c1-3-9-20-17-18(12-13-22(20)24)16-19-10-5-6-11-21(19)23(2)14-7-4-8-15-23/h5-6,10-13,17H,3-4,7-9,14-16,24H2,1-2H3. The van der Waals surface area contributed by atoms with Crippen LogP contribution in [0.3, 0.4) is 0 Å². The van der Waals surface area contributed by atoms with Gasteiger partial charge in [-0.3, -0.25) is 0 Å². The van der Waals surface area contributed by atoms with Gasteiger partial charge in [0.1, 0.15) is 0 Å². The van der Waals surface area contributed by atoms with Crippen molar-refractivity contribution in [3.8, 4) is 0 Å². The number of hydrogen-bond acceptors (Lipinski definition) is 1. The molecule has 0 heterocycles. The van der Waals surface area contributed by atoms with Crippen LogP contribution in [0.25, 0.3) is 0 Å². The van der Waals surface area contributed by atoms with Gasteiger partial charge in [0, 0.05) is 5.69 Å². The highest BCUT2D eigenvalue weighted by atomic mass is 14.6. The highest BCUT2D eigenvalue weighted by Crippen LogP contribution is 2.40. The Hall–Kier alpha value is -1.76. The van der Waals surface area contributed by atoms with Crippen molar-refractivity contribution in [2.24, 2.45) is 0 Å². The van der Waals surface area contributed by atoms with Crippen LogP contribution in [0.1, 0.15) is 74.6 Å². The van der Waals surface area contributed by atoms with E-state index in [9.17, 15) is 0 Å².